The van der Waals surface area contributed by atoms with Crippen molar-refractivity contribution in [2.75, 3.05) is 13.1 Å². The molecule has 1 aliphatic rings. The summed E-state index contributed by atoms with van der Waals surface area (Å²) >= 11 is 0. The number of benzene rings is 1. The van der Waals surface area contributed by atoms with Crippen molar-refractivity contribution in [1.29, 1.82) is 0 Å². The molecule has 1 aliphatic heterocycles. The van der Waals surface area contributed by atoms with Gasteiger partial charge in [0.15, 0.2) is 0 Å². The van der Waals surface area contributed by atoms with Gasteiger partial charge in [0, 0.05) is 25.3 Å². The Morgan fingerprint density at radius 2 is 2.11 bits per heavy atom. The highest BCUT2D eigenvalue weighted by atomic mass is 16.2. The summed E-state index contributed by atoms with van der Waals surface area (Å²) < 4.78 is 1.71. The fraction of sp³-hybridized carbons (Fsp3) is 0.286. The molecule has 1 fully saturated rings. The van der Waals surface area contributed by atoms with Crippen LogP contribution in [0.3, 0.4) is 0 Å². The van der Waals surface area contributed by atoms with E-state index in [4.69, 9.17) is 5.73 Å². The fourth-order valence-corrected chi connectivity index (χ4v) is 2.31. The van der Waals surface area contributed by atoms with Crippen molar-refractivity contribution >= 4 is 5.91 Å². The van der Waals surface area contributed by atoms with Gasteiger partial charge in [0.2, 0.25) is 0 Å². The molecular weight excluding hydrogens is 240 g/mol. The summed E-state index contributed by atoms with van der Waals surface area (Å²) in [6, 6.07) is 9.84. The minimum atomic E-state index is 0.00938. The van der Waals surface area contributed by atoms with Crippen LogP contribution >= 0.6 is 0 Å². The van der Waals surface area contributed by atoms with Crippen LogP contribution in [0.1, 0.15) is 16.8 Å². The molecule has 2 N–H and O–H groups in total. The first kappa shape index (κ1) is 11.9. The molecule has 0 aliphatic carbocycles. The van der Waals surface area contributed by atoms with Gasteiger partial charge in [0.05, 0.1) is 17.4 Å². The van der Waals surface area contributed by atoms with Gasteiger partial charge >= 0.3 is 0 Å². The van der Waals surface area contributed by atoms with E-state index in [0.29, 0.717) is 12.1 Å². The molecule has 0 saturated carbocycles. The smallest absolute Gasteiger partial charge is 0.257 e. The van der Waals surface area contributed by atoms with E-state index < -0.39 is 0 Å². The molecule has 1 aromatic heterocycles. The summed E-state index contributed by atoms with van der Waals surface area (Å²) in [5.41, 5.74) is 7.38. The van der Waals surface area contributed by atoms with Crippen LogP contribution in [0, 0.1) is 0 Å². The van der Waals surface area contributed by atoms with E-state index in [1.807, 2.05) is 30.3 Å². The Morgan fingerprint density at radius 3 is 2.79 bits per heavy atom. The lowest BCUT2D eigenvalue weighted by Gasteiger charge is -2.14. The molecule has 0 unspecified atom stereocenters. The highest BCUT2D eigenvalue weighted by molar-refractivity contribution is 5.94. The van der Waals surface area contributed by atoms with Crippen LogP contribution in [0.5, 0.6) is 0 Å². The standard InChI is InChI=1S/C14H16N4O/c15-12-6-7-17(10-12)14(19)11-8-16-18(9-11)13-4-2-1-3-5-13/h1-5,8-9,12H,6-7,10,15H2/t12-/m0/s1. The predicted octanol–water partition coefficient (Wildman–Crippen LogP) is 1.05. The van der Waals surface area contributed by atoms with Gasteiger partial charge in [-0.3, -0.25) is 4.79 Å². The molecule has 2 aromatic rings. The number of para-hydroxylation sites is 1. The number of likely N-dealkylation sites (tertiary alicyclic amines) is 1. The van der Waals surface area contributed by atoms with Gasteiger partial charge in [0.1, 0.15) is 0 Å². The molecule has 0 bridgehead atoms. The second-order valence-electron chi connectivity index (χ2n) is 4.81. The van der Waals surface area contributed by atoms with Crippen molar-refractivity contribution in [1.82, 2.24) is 14.7 Å². The molecule has 5 heteroatoms. The molecule has 0 spiro atoms. The van der Waals surface area contributed by atoms with E-state index in [9.17, 15) is 4.79 Å². The normalized spacial score (nSPS) is 18.8. The summed E-state index contributed by atoms with van der Waals surface area (Å²) in [4.78, 5) is 14.0. The Balaban J connectivity index is 1.80. The number of nitrogens with two attached hydrogens (primary N) is 1. The Morgan fingerprint density at radius 1 is 1.32 bits per heavy atom. The van der Waals surface area contributed by atoms with Crippen molar-refractivity contribution in [3.05, 3.63) is 48.3 Å². The first-order chi connectivity index (χ1) is 9.24. The lowest BCUT2D eigenvalue weighted by Crippen LogP contribution is -2.31. The van der Waals surface area contributed by atoms with Crippen molar-refractivity contribution in [3.8, 4) is 5.69 Å². The van der Waals surface area contributed by atoms with E-state index in [2.05, 4.69) is 5.10 Å². The fourth-order valence-electron chi connectivity index (χ4n) is 2.31. The molecule has 0 radical (unpaired) electrons. The molecule has 1 saturated heterocycles. The Bertz CT molecular complexity index is 578. The molecule has 19 heavy (non-hydrogen) atoms. The number of hydrogen-bond donors (Lipinski definition) is 1. The lowest BCUT2D eigenvalue weighted by atomic mass is 10.3. The van der Waals surface area contributed by atoms with E-state index in [1.54, 1.807) is 22.0 Å². The van der Waals surface area contributed by atoms with E-state index in [-0.39, 0.29) is 11.9 Å². The van der Waals surface area contributed by atoms with Gasteiger partial charge in [0.25, 0.3) is 5.91 Å². The van der Waals surface area contributed by atoms with Crippen molar-refractivity contribution in [2.45, 2.75) is 12.5 Å². The summed E-state index contributed by atoms with van der Waals surface area (Å²) in [6.07, 6.45) is 4.25. The zero-order valence-electron chi connectivity index (χ0n) is 10.6. The van der Waals surface area contributed by atoms with E-state index in [0.717, 1.165) is 18.7 Å². The zero-order chi connectivity index (χ0) is 13.2. The summed E-state index contributed by atoms with van der Waals surface area (Å²) in [5, 5.41) is 4.24. The third-order valence-corrected chi connectivity index (χ3v) is 3.36. The Hall–Kier alpha value is -2.14. The minimum Gasteiger partial charge on any atom is -0.337 e. The van der Waals surface area contributed by atoms with Crippen LogP contribution in [0.15, 0.2) is 42.7 Å². The van der Waals surface area contributed by atoms with Gasteiger partial charge in [-0.1, -0.05) is 18.2 Å². The Labute approximate surface area is 111 Å². The third-order valence-electron chi connectivity index (χ3n) is 3.36. The van der Waals surface area contributed by atoms with Crippen molar-refractivity contribution < 1.29 is 4.79 Å². The topological polar surface area (TPSA) is 64.2 Å². The van der Waals surface area contributed by atoms with Crippen LogP contribution < -0.4 is 5.73 Å². The highest BCUT2D eigenvalue weighted by Crippen LogP contribution is 2.13. The van der Waals surface area contributed by atoms with Crippen LogP contribution in [0.25, 0.3) is 5.69 Å². The largest absolute Gasteiger partial charge is 0.337 e. The molecule has 1 amide bonds. The molecular formula is C14H16N4O. The minimum absolute atomic E-state index is 0.00938. The van der Waals surface area contributed by atoms with Crippen LogP contribution in [-0.4, -0.2) is 39.7 Å². The SMILES string of the molecule is N[C@H]1CCN(C(=O)c2cnn(-c3ccccc3)c2)C1. The number of aromatic nitrogens is 2. The van der Waals surface area contributed by atoms with Gasteiger partial charge < -0.3 is 10.6 Å². The molecule has 98 valence electrons. The second kappa shape index (κ2) is 4.85. The average Bonchev–Trinajstić information content (AvgIpc) is 3.08. The maximum absolute atomic E-state index is 12.3. The number of carbonyl (C=O) groups excluding carboxylic acids is 1. The highest BCUT2D eigenvalue weighted by Gasteiger charge is 2.25. The first-order valence-electron chi connectivity index (χ1n) is 6.39. The molecule has 1 aromatic carbocycles. The second-order valence-corrected chi connectivity index (χ2v) is 4.81. The van der Waals surface area contributed by atoms with Gasteiger partial charge in [-0.15, -0.1) is 0 Å². The van der Waals surface area contributed by atoms with Gasteiger partial charge in [-0.2, -0.15) is 5.10 Å². The zero-order valence-corrected chi connectivity index (χ0v) is 10.6. The van der Waals surface area contributed by atoms with Crippen molar-refractivity contribution in [3.63, 3.8) is 0 Å². The van der Waals surface area contributed by atoms with Crippen LogP contribution in [0.4, 0.5) is 0 Å². The molecule has 2 heterocycles. The van der Waals surface area contributed by atoms with E-state index >= 15 is 0 Å². The van der Waals surface area contributed by atoms with Crippen LogP contribution in [-0.2, 0) is 0 Å². The van der Waals surface area contributed by atoms with Gasteiger partial charge in [-0.25, -0.2) is 4.68 Å². The van der Waals surface area contributed by atoms with Crippen LogP contribution in [0.2, 0.25) is 0 Å². The quantitative estimate of drug-likeness (QED) is 0.873. The number of carbonyl (C=O) groups is 1. The summed E-state index contributed by atoms with van der Waals surface area (Å²) in [6.45, 7) is 1.37. The summed E-state index contributed by atoms with van der Waals surface area (Å²) in [5.74, 6) is 0.00938. The molecule has 3 rings (SSSR count). The average molecular weight is 256 g/mol. The van der Waals surface area contributed by atoms with E-state index in [1.165, 1.54) is 0 Å². The number of hydrogen-bond acceptors (Lipinski definition) is 3. The number of amides is 1. The number of rotatable bonds is 2. The maximum atomic E-state index is 12.3. The summed E-state index contributed by atoms with van der Waals surface area (Å²) in [7, 11) is 0. The Kier molecular flexibility index (Phi) is 3.05. The molecule has 5 nitrogen and oxygen atoms in total. The third kappa shape index (κ3) is 2.37. The number of nitrogens with zero attached hydrogens (tertiary/aromatic N) is 3. The maximum Gasteiger partial charge on any atom is 0.257 e. The molecule has 1 atom stereocenters. The van der Waals surface area contributed by atoms with Gasteiger partial charge in [-0.05, 0) is 18.6 Å². The predicted molar refractivity (Wildman–Crippen MR) is 72.1 cm³/mol. The first-order valence-corrected chi connectivity index (χ1v) is 6.39. The van der Waals surface area contributed by atoms with Crippen molar-refractivity contribution in [2.24, 2.45) is 5.73 Å². The monoisotopic (exact) mass is 256 g/mol. The lowest BCUT2D eigenvalue weighted by molar-refractivity contribution is 0.0791.